The second-order valence-corrected chi connectivity index (χ2v) is 3.75. The fraction of sp³-hybridized carbons (Fsp3) is 0.571. The number of carbonyl (C=O) groups is 1. The Kier molecular flexibility index (Phi) is 2.72. The first-order valence-corrected chi connectivity index (χ1v) is 4.39. The van der Waals surface area contributed by atoms with Gasteiger partial charge in [-0.05, 0) is 26.1 Å². The highest BCUT2D eigenvalue weighted by molar-refractivity contribution is 7.71. The van der Waals surface area contributed by atoms with E-state index in [1.807, 2.05) is 0 Å². The first-order chi connectivity index (χ1) is 6.41. The topological polar surface area (TPSA) is 96.9 Å². The molecule has 0 spiro atoms. The molecule has 1 rings (SSSR count). The lowest BCUT2D eigenvalue weighted by atomic mass is 10.1. The van der Waals surface area contributed by atoms with Crippen LogP contribution in [0.4, 0.5) is 0 Å². The van der Waals surface area contributed by atoms with Gasteiger partial charge in [-0.2, -0.15) is 5.10 Å². The van der Waals surface area contributed by atoms with Crippen molar-refractivity contribution >= 4 is 18.1 Å². The number of amides is 1. The van der Waals surface area contributed by atoms with E-state index in [2.05, 4.69) is 10.2 Å². The molecular formula is C7H12N4O2S. The highest BCUT2D eigenvalue weighted by Crippen LogP contribution is 2.16. The van der Waals surface area contributed by atoms with E-state index < -0.39 is 11.4 Å². The number of aliphatic hydroxyl groups is 1. The first-order valence-electron chi connectivity index (χ1n) is 3.98. The van der Waals surface area contributed by atoms with E-state index in [0.29, 0.717) is 5.82 Å². The summed E-state index contributed by atoms with van der Waals surface area (Å²) in [5.41, 5.74) is 4.23. The molecule has 0 unspecified atom stereocenters. The van der Waals surface area contributed by atoms with Crippen molar-refractivity contribution in [3.05, 3.63) is 10.6 Å². The van der Waals surface area contributed by atoms with Gasteiger partial charge in [-0.25, -0.2) is 0 Å². The second kappa shape index (κ2) is 3.50. The van der Waals surface area contributed by atoms with Crippen molar-refractivity contribution < 1.29 is 9.90 Å². The number of nitrogens with one attached hydrogen (secondary N) is 1. The lowest BCUT2D eigenvalue weighted by Gasteiger charge is -2.23. The maximum Gasteiger partial charge on any atom is 0.243 e. The van der Waals surface area contributed by atoms with Gasteiger partial charge in [0.05, 0.1) is 0 Å². The van der Waals surface area contributed by atoms with Crippen LogP contribution in [0.1, 0.15) is 19.7 Å². The van der Waals surface area contributed by atoms with Crippen LogP contribution in [0, 0.1) is 4.77 Å². The summed E-state index contributed by atoms with van der Waals surface area (Å²) in [4.78, 5) is 11.2. The zero-order chi connectivity index (χ0) is 10.9. The summed E-state index contributed by atoms with van der Waals surface area (Å²) in [6.45, 7) is 2.92. The Morgan fingerprint density at radius 3 is 2.79 bits per heavy atom. The third kappa shape index (κ3) is 1.55. The predicted molar refractivity (Wildman–Crippen MR) is 51.9 cm³/mol. The Bertz CT molecular complexity index is 406. The van der Waals surface area contributed by atoms with Crippen LogP contribution in [0.2, 0.25) is 0 Å². The molecule has 1 aromatic heterocycles. The minimum atomic E-state index is -0.998. The zero-order valence-electron chi connectivity index (χ0n) is 7.94. The fourth-order valence-electron chi connectivity index (χ4n) is 1.12. The number of aromatic amines is 1. The summed E-state index contributed by atoms with van der Waals surface area (Å²) in [5.74, 6) is -0.247. The minimum absolute atomic E-state index is 0.262. The molecular weight excluding hydrogens is 204 g/mol. The lowest BCUT2D eigenvalue weighted by molar-refractivity contribution is -0.125. The molecule has 6 nitrogen and oxygen atoms in total. The molecule has 0 aliphatic carbocycles. The molecule has 1 aromatic rings. The van der Waals surface area contributed by atoms with E-state index >= 15 is 0 Å². The Balaban J connectivity index is 3.37. The molecule has 7 heteroatoms. The summed E-state index contributed by atoms with van der Waals surface area (Å²) in [7, 11) is 0. The van der Waals surface area contributed by atoms with Gasteiger partial charge in [0.15, 0.2) is 10.6 Å². The SMILES string of the molecule is CC(C)(C(N)=O)n1c(CO)n[nH]c1=S. The Hall–Kier alpha value is -1.21. The van der Waals surface area contributed by atoms with Gasteiger partial charge in [0, 0.05) is 0 Å². The number of hydrogen-bond donors (Lipinski definition) is 3. The van der Waals surface area contributed by atoms with Crippen LogP contribution in [0.3, 0.4) is 0 Å². The fourth-order valence-corrected chi connectivity index (χ4v) is 1.50. The quantitative estimate of drug-likeness (QED) is 0.602. The summed E-state index contributed by atoms with van der Waals surface area (Å²) < 4.78 is 1.67. The molecule has 78 valence electrons. The Morgan fingerprint density at radius 2 is 2.36 bits per heavy atom. The molecule has 0 atom stereocenters. The first kappa shape index (κ1) is 10.9. The average molecular weight is 216 g/mol. The monoisotopic (exact) mass is 216 g/mol. The lowest BCUT2D eigenvalue weighted by Crippen LogP contribution is -2.42. The van der Waals surface area contributed by atoms with Gasteiger partial charge in [-0.3, -0.25) is 14.5 Å². The third-order valence-corrected chi connectivity index (χ3v) is 2.32. The van der Waals surface area contributed by atoms with Gasteiger partial charge in [0.1, 0.15) is 12.1 Å². The van der Waals surface area contributed by atoms with Crippen molar-refractivity contribution in [2.24, 2.45) is 5.73 Å². The zero-order valence-corrected chi connectivity index (χ0v) is 8.76. The van der Waals surface area contributed by atoms with Crippen molar-refractivity contribution in [1.82, 2.24) is 14.8 Å². The van der Waals surface area contributed by atoms with Crippen LogP contribution in [-0.2, 0) is 16.9 Å². The number of primary amides is 1. The van der Waals surface area contributed by atoms with Gasteiger partial charge >= 0.3 is 0 Å². The van der Waals surface area contributed by atoms with Gasteiger partial charge < -0.3 is 10.8 Å². The molecule has 0 aromatic carbocycles. The highest BCUT2D eigenvalue weighted by Gasteiger charge is 2.30. The normalized spacial score (nSPS) is 11.6. The van der Waals surface area contributed by atoms with Gasteiger partial charge in [-0.15, -0.1) is 0 Å². The van der Waals surface area contributed by atoms with Crippen LogP contribution >= 0.6 is 12.2 Å². The van der Waals surface area contributed by atoms with Gasteiger partial charge in [0.25, 0.3) is 0 Å². The van der Waals surface area contributed by atoms with Crippen LogP contribution < -0.4 is 5.73 Å². The van der Waals surface area contributed by atoms with Crippen LogP contribution in [0.5, 0.6) is 0 Å². The maximum absolute atomic E-state index is 11.2. The van der Waals surface area contributed by atoms with Gasteiger partial charge in [-0.1, -0.05) is 0 Å². The second-order valence-electron chi connectivity index (χ2n) is 3.36. The molecule has 0 aliphatic rings. The summed E-state index contributed by atoms with van der Waals surface area (Å²) >= 11 is 4.93. The van der Waals surface area contributed by atoms with Crippen molar-refractivity contribution in [1.29, 1.82) is 0 Å². The number of hydrogen-bond acceptors (Lipinski definition) is 4. The number of aliphatic hydroxyl groups excluding tert-OH is 1. The van der Waals surface area contributed by atoms with E-state index in [-0.39, 0.29) is 11.4 Å². The van der Waals surface area contributed by atoms with Crippen molar-refractivity contribution in [2.75, 3.05) is 0 Å². The molecule has 0 radical (unpaired) electrons. The molecule has 0 fully saturated rings. The number of aromatic nitrogens is 3. The number of carbonyl (C=O) groups excluding carboxylic acids is 1. The van der Waals surface area contributed by atoms with Crippen molar-refractivity contribution in [2.45, 2.75) is 26.0 Å². The largest absolute Gasteiger partial charge is 0.388 e. The predicted octanol–water partition coefficient (Wildman–Crippen LogP) is -0.347. The molecule has 1 heterocycles. The van der Waals surface area contributed by atoms with Crippen LogP contribution in [0.15, 0.2) is 0 Å². The van der Waals surface area contributed by atoms with Crippen LogP contribution in [0.25, 0.3) is 0 Å². The molecule has 14 heavy (non-hydrogen) atoms. The van der Waals surface area contributed by atoms with E-state index in [4.69, 9.17) is 23.1 Å². The molecule has 0 saturated heterocycles. The van der Waals surface area contributed by atoms with Crippen molar-refractivity contribution in [3.8, 4) is 0 Å². The van der Waals surface area contributed by atoms with E-state index in [9.17, 15) is 4.79 Å². The highest BCUT2D eigenvalue weighted by atomic mass is 32.1. The number of rotatable bonds is 3. The van der Waals surface area contributed by atoms with E-state index in [1.54, 1.807) is 13.8 Å². The minimum Gasteiger partial charge on any atom is -0.388 e. The third-order valence-electron chi connectivity index (χ3n) is 2.05. The van der Waals surface area contributed by atoms with Crippen LogP contribution in [-0.4, -0.2) is 25.8 Å². The smallest absolute Gasteiger partial charge is 0.243 e. The summed E-state index contributed by atoms with van der Waals surface area (Å²) in [5, 5.41) is 15.2. The van der Waals surface area contributed by atoms with E-state index in [1.165, 1.54) is 4.57 Å². The van der Waals surface area contributed by atoms with E-state index in [0.717, 1.165) is 0 Å². The average Bonchev–Trinajstić information content (AvgIpc) is 2.46. The van der Waals surface area contributed by atoms with Gasteiger partial charge in [0.2, 0.25) is 5.91 Å². The molecule has 1 amide bonds. The summed E-state index contributed by atoms with van der Waals surface area (Å²) in [6, 6.07) is 0. The Labute approximate surface area is 85.7 Å². The standard InChI is InChI=1S/C7H12N4O2S/c1-7(2,5(8)13)11-4(3-12)9-10-6(11)14/h12H,3H2,1-2H3,(H2,8,13)(H,10,14). The molecule has 0 bridgehead atoms. The molecule has 0 aliphatic heterocycles. The number of H-pyrrole nitrogens is 1. The molecule has 0 saturated carbocycles. The number of nitrogens with two attached hydrogens (primary N) is 1. The molecule has 4 N–H and O–H groups in total. The summed E-state index contributed by atoms with van der Waals surface area (Å²) in [6.07, 6.45) is 0. The maximum atomic E-state index is 11.2. The number of nitrogens with zero attached hydrogens (tertiary/aromatic N) is 2. The van der Waals surface area contributed by atoms with Crippen molar-refractivity contribution in [3.63, 3.8) is 0 Å². The Morgan fingerprint density at radius 1 is 1.79 bits per heavy atom.